The van der Waals surface area contributed by atoms with E-state index in [1.165, 1.54) is 19.3 Å². The molecule has 0 atom stereocenters. The molecular formula is C22H22N4O4. The highest BCUT2D eigenvalue weighted by Gasteiger charge is 2.22. The van der Waals surface area contributed by atoms with Crippen LogP contribution in [0.3, 0.4) is 0 Å². The highest BCUT2D eigenvalue weighted by atomic mass is 16.6. The number of nitrogens with zero attached hydrogens (tertiary/aromatic N) is 3. The minimum atomic E-state index is -0.512. The zero-order valence-electron chi connectivity index (χ0n) is 16.8. The first-order valence-corrected chi connectivity index (χ1v) is 9.63. The van der Waals surface area contributed by atoms with Crippen molar-refractivity contribution in [1.29, 1.82) is 5.26 Å². The summed E-state index contributed by atoms with van der Waals surface area (Å²) in [4.78, 5) is 18.6. The van der Waals surface area contributed by atoms with Crippen LogP contribution in [0.15, 0.2) is 36.4 Å². The number of hydrogen-bond acceptors (Lipinski definition) is 6. The highest BCUT2D eigenvalue weighted by molar-refractivity contribution is 5.91. The molecule has 0 unspecified atom stereocenters. The molecule has 0 saturated carbocycles. The van der Waals surface area contributed by atoms with Crippen LogP contribution in [-0.4, -0.2) is 28.6 Å². The maximum Gasteiger partial charge on any atom is 0.315 e. The van der Waals surface area contributed by atoms with Crippen LogP contribution in [0.5, 0.6) is 11.5 Å². The van der Waals surface area contributed by atoms with Crippen molar-refractivity contribution in [3.8, 4) is 17.6 Å². The quantitative estimate of drug-likeness (QED) is 0.228. The molecule has 0 aliphatic heterocycles. The van der Waals surface area contributed by atoms with Crippen LogP contribution in [0.25, 0.3) is 22.7 Å². The van der Waals surface area contributed by atoms with Gasteiger partial charge in [-0.3, -0.25) is 10.1 Å². The fourth-order valence-corrected chi connectivity index (χ4v) is 3.05. The molecule has 3 aromatic rings. The second-order valence-electron chi connectivity index (χ2n) is 6.66. The van der Waals surface area contributed by atoms with E-state index >= 15 is 0 Å². The molecule has 0 amide bonds. The number of allylic oxidation sites excluding steroid dienone is 1. The number of aromatic amines is 1. The van der Waals surface area contributed by atoms with Gasteiger partial charge in [-0.1, -0.05) is 31.9 Å². The zero-order chi connectivity index (χ0) is 21.5. The Hall–Kier alpha value is -3.86. The summed E-state index contributed by atoms with van der Waals surface area (Å²) in [7, 11) is 1.43. The number of rotatable bonds is 9. The molecule has 8 nitrogen and oxygen atoms in total. The molecular weight excluding hydrogens is 384 g/mol. The van der Waals surface area contributed by atoms with Crippen molar-refractivity contribution in [2.45, 2.75) is 26.2 Å². The van der Waals surface area contributed by atoms with Crippen LogP contribution in [-0.2, 0) is 0 Å². The molecule has 0 aliphatic carbocycles. The third-order valence-electron chi connectivity index (χ3n) is 4.54. The van der Waals surface area contributed by atoms with Gasteiger partial charge in [0.25, 0.3) is 0 Å². The predicted octanol–water partition coefficient (Wildman–Crippen LogP) is 5.11. The molecule has 30 heavy (non-hydrogen) atoms. The van der Waals surface area contributed by atoms with Crippen molar-refractivity contribution in [1.82, 2.24) is 9.97 Å². The number of nitriles is 1. The van der Waals surface area contributed by atoms with Gasteiger partial charge in [0, 0.05) is 6.07 Å². The highest BCUT2D eigenvalue weighted by Crippen LogP contribution is 2.39. The van der Waals surface area contributed by atoms with Crippen LogP contribution in [0.4, 0.5) is 5.69 Å². The lowest BCUT2D eigenvalue weighted by Crippen LogP contribution is -2.03. The topological polar surface area (TPSA) is 114 Å². The molecule has 0 saturated heterocycles. The normalized spacial score (nSPS) is 11.3. The molecule has 2 aromatic carbocycles. The summed E-state index contributed by atoms with van der Waals surface area (Å²) in [6.07, 6.45) is 4.32. The number of fused-ring (bicyclic) bond motifs is 1. The number of methoxy groups -OCH3 is 1. The predicted molar refractivity (Wildman–Crippen MR) is 114 cm³/mol. The minimum absolute atomic E-state index is 0.0954. The van der Waals surface area contributed by atoms with E-state index in [2.05, 4.69) is 23.0 Å². The Morgan fingerprint density at radius 3 is 2.80 bits per heavy atom. The Morgan fingerprint density at radius 2 is 2.13 bits per heavy atom. The van der Waals surface area contributed by atoms with Gasteiger partial charge >= 0.3 is 5.69 Å². The van der Waals surface area contributed by atoms with Gasteiger partial charge in [0.05, 0.1) is 35.2 Å². The number of hydrogen-bond donors (Lipinski definition) is 1. The van der Waals surface area contributed by atoms with Gasteiger partial charge in [-0.2, -0.15) is 5.26 Å². The van der Waals surface area contributed by atoms with E-state index in [-0.39, 0.29) is 22.8 Å². The maximum atomic E-state index is 11.6. The first kappa shape index (κ1) is 20.9. The summed E-state index contributed by atoms with van der Waals surface area (Å²) in [5.74, 6) is 0.729. The standard InChI is InChI=1S/C22H22N4O4/c1-3-4-7-10-30-21-19(26(27)28)12-15(13-20(21)29-2)11-16(14-23)22-24-17-8-5-6-9-18(17)25-22/h5-6,8-9,11-13H,3-4,7,10H2,1-2H3,(H,24,25)/b16-11-. The number of nitro benzene ring substituents is 1. The van der Waals surface area contributed by atoms with Crippen LogP contribution >= 0.6 is 0 Å². The Balaban J connectivity index is 2.00. The zero-order valence-corrected chi connectivity index (χ0v) is 16.8. The number of aromatic nitrogens is 2. The molecule has 0 bridgehead atoms. The third kappa shape index (κ3) is 4.58. The maximum absolute atomic E-state index is 11.6. The first-order valence-electron chi connectivity index (χ1n) is 9.63. The van der Waals surface area contributed by atoms with Crippen molar-refractivity contribution in [2.75, 3.05) is 13.7 Å². The third-order valence-corrected chi connectivity index (χ3v) is 4.54. The van der Waals surface area contributed by atoms with Gasteiger partial charge in [-0.25, -0.2) is 4.98 Å². The molecule has 0 fully saturated rings. The minimum Gasteiger partial charge on any atom is -0.493 e. The smallest absolute Gasteiger partial charge is 0.315 e. The summed E-state index contributed by atoms with van der Waals surface area (Å²) in [6.45, 7) is 2.43. The molecule has 154 valence electrons. The van der Waals surface area contributed by atoms with E-state index in [1.807, 2.05) is 24.3 Å². The lowest BCUT2D eigenvalue weighted by molar-refractivity contribution is -0.386. The van der Waals surface area contributed by atoms with Gasteiger partial charge in [-0.05, 0) is 36.3 Å². The van der Waals surface area contributed by atoms with Crippen molar-refractivity contribution in [2.24, 2.45) is 0 Å². The van der Waals surface area contributed by atoms with Crippen LogP contribution in [0, 0.1) is 21.4 Å². The average Bonchev–Trinajstić information content (AvgIpc) is 3.19. The summed E-state index contributed by atoms with van der Waals surface area (Å²) >= 11 is 0. The summed E-state index contributed by atoms with van der Waals surface area (Å²) in [6, 6.07) is 12.5. The molecule has 8 heteroatoms. The number of nitro groups is 1. The van der Waals surface area contributed by atoms with Gasteiger partial charge < -0.3 is 14.5 Å². The second kappa shape index (κ2) is 9.56. The van der Waals surface area contributed by atoms with Gasteiger partial charge in [0.2, 0.25) is 5.75 Å². The molecule has 1 aromatic heterocycles. The number of imidazole rings is 1. The lowest BCUT2D eigenvalue weighted by Gasteiger charge is -2.12. The van der Waals surface area contributed by atoms with Crippen molar-refractivity contribution >= 4 is 28.4 Å². The van der Waals surface area contributed by atoms with E-state index in [0.29, 0.717) is 18.0 Å². The van der Waals surface area contributed by atoms with E-state index in [4.69, 9.17) is 9.47 Å². The van der Waals surface area contributed by atoms with Crippen molar-refractivity contribution < 1.29 is 14.4 Å². The average molecular weight is 406 g/mol. The summed E-state index contributed by atoms with van der Waals surface area (Å²) in [5, 5.41) is 21.3. The summed E-state index contributed by atoms with van der Waals surface area (Å²) in [5.41, 5.74) is 2.01. The summed E-state index contributed by atoms with van der Waals surface area (Å²) < 4.78 is 11.0. The van der Waals surface area contributed by atoms with Crippen molar-refractivity contribution in [3.63, 3.8) is 0 Å². The van der Waals surface area contributed by atoms with E-state index in [0.717, 1.165) is 30.3 Å². The van der Waals surface area contributed by atoms with Crippen LogP contribution in [0.2, 0.25) is 0 Å². The number of nitrogens with one attached hydrogen (secondary N) is 1. The first-order chi connectivity index (χ1) is 14.6. The van der Waals surface area contributed by atoms with Gasteiger partial charge in [0.1, 0.15) is 11.9 Å². The van der Waals surface area contributed by atoms with Crippen molar-refractivity contribution in [3.05, 3.63) is 57.9 Å². The van der Waals surface area contributed by atoms with E-state index < -0.39 is 4.92 Å². The van der Waals surface area contributed by atoms with Gasteiger partial charge in [-0.15, -0.1) is 0 Å². The SMILES string of the molecule is CCCCCOc1c(OC)cc(/C=C(/C#N)c2nc3ccccc3[nH]2)cc1[N+](=O)[O-]. The number of H-pyrrole nitrogens is 1. The number of unbranched alkanes of at least 4 members (excludes halogenated alkanes) is 2. The molecule has 0 radical (unpaired) electrons. The number of para-hydroxylation sites is 2. The fraction of sp³-hybridized carbons (Fsp3) is 0.273. The monoisotopic (exact) mass is 406 g/mol. The number of ether oxygens (including phenoxy) is 2. The molecule has 0 spiro atoms. The Labute approximate surface area is 173 Å². The Kier molecular flexibility index (Phi) is 6.65. The molecule has 0 aliphatic rings. The Morgan fingerprint density at radius 1 is 1.33 bits per heavy atom. The largest absolute Gasteiger partial charge is 0.493 e. The molecule has 3 rings (SSSR count). The molecule has 1 N–H and O–H groups in total. The van der Waals surface area contributed by atoms with Crippen LogP contribution in [0.1, 0.15) is 37.6 Å². The Bertz CT molecular complexity index is 1090. The molecule has 1 heterocycles. The van der Waals surface area contributed by atoms with E-state index in [9.17, 15) is 15.4 Å². The van der Waals surface area contributed by atoms with Gasteiger partial charge in [0.15, 0.2) is 5.75 Å². The second-order valence-corrected chi connectivity index (χ2v) is 6.66. The van der Waals surface area contributed by atoms with E-state index in [1.54, 1.807) is 6.07 Å². The fourth-order valence-electron chi connectivity index (χ4n) is 3.05. The van der Waals surface area contributed by atoms with Crippen LogP contribution < -0.4 is 9.47 Å². The lowest BCUT2D eigenvalue weighted by atomic mass is 10.1. The number of benzene rings is 2.